The number of ether oxygens (including phenoxy) is 1. The summed E-state index contributed by atoms with van der Waals surface area (Å²) in [4.78, 5) is 41.8. The van der Waals surface area contributed by atoms with Crippen molar-refractivity contribution in [2.24, 2.45) is 0 Å². The first-order valence-electron chi connectivity index (χ1n) is 6.67. The summed E-state index contributed by atoms with van der Waals surface area (Å²) < 4.78 is 5.05. The molecule has 1 aliphatic heterocycles. The van der Waals surface area contributed by atoms with Crippen LogP contribution >= 0.6 is 23.2 Å². The lowest BCUT2D eigenvalue weighted by Crippen LogP contribution is -2.32. The quantitative estimate of drug-likeness (QED) is 0.779. The van der Waals surface area contributed by atoms with E-state index in [-0.39, 0.29) is 32.5 Å². The van der Waals surface area contributed by atoms with Gasteiger partial charge in [-0.15, -0.1) is 0 Å². The number of nitrogens with zero attached hydrogens (tertiary/aromatic N) is 1. The highest BCUT2D eigenvalue weighted by atomic mass is 35.5. The van der Waals surface area contributed by atoms with Gasteiger partial charge in [0.1, 0.15) is 5.56 Å². The summed E-state index contributed by atoms with van der Waals surface area (Å²) in [5.74, 6) is -2.51. The molecule has 3 rings (SSSR count). The van der Waals surface area contributed by atoms with Gasteiger partial charge < -0.3 is 9.57 Å². The van der Waals surface area contributed by atoms with E-state index in [2.05, 4.69) is 0 Å². The van der Waals surface area contributed by atoms with Crippen molar-refractivity contribution in [2.75, 3.05) is 7.11 Å². The van der Waals surface area contributed by atoms with Gasteiger partial charge in [0, 0.05) is 0 Å². The third-order valence-electron chi connectivity index (χ3n) is 3.40. The number of hydrogen-bond donors (Lipinski definition) is 0. The van der Waals surface area contributed by atoms with Crippen molar-refractivity contribution in [3.05, 3.63) is 63.1 Å². The molecule has 0 aliphatic carbocycles. The van der Waals surface area contributed by atoms with Crippen LogP contribution in [0.3, 0.4) is 0 Å². The Morgan fingerprint density at radius 2 is 1.50 bits per heavy atom. The van der Waals surface area contributed by atoms with Crippen molar-refractivity contribution in [1.82, 2.24) is 5.06 Å². The highest BCUT2D eigenvalue weighted by Crippen LogP contribution is 2.35. The Morgan fingerprint density at radius 3 is 2.04 bits per heavy atom. The fraction of sp³-hybridized carbons (Fsp3) is 0.0625. The second-order valence-corrected chi connectivity index (χ2v) is 5.58. The van der Waals surface area contributed by atoms with Crippen molar-refractivity contribution in [3.8, 4) is 5.75 Å². The first-order chi connectivity index (χ1) is 11.5. The van der Waals surface area contributed by atoms with Crippen LogP contribution in [0, 0.1) is 0 Å². The van der Waals surface area contributed by atoms with Gasteiger partial charge in [-0.25, -0.2) is 4.79 Å². The Hall–Kier alpha value is -2.57. The number of hydrogen-bond acceptors (Lipinski definition) is 5. The number of benzene rings is 2. The average Bonchev–Trinajstić information content (AvgIpc) is 2.82. The van der Waals surface area contributed by atoms with Crippen molar-refractivity contribution in [2.45, 2.75) is 0 Å². The van der Waals surface area contributed by atoms with E-state index in [1.165, 1.54) is 31.4 Å². The van der Waals surface area contributed by atoms with E-state index in [0.717, 1.165) is 0 Å². The van der Waals surface area contributed by atoms with Crippen LogP contribution in [0.2, 0.25) is 10.0 Å². The van der Waals surface area contributed by atoms with E-state index in [4.69, 9.17) is 32.8 Å². The summed E-state index contributed by atoms with van der Waals surface area (Å²) in [6, 6.07) is 8.97. The molecular weight excluding hydrogens is 357 g/mol. The van der Waals surface area contributed by atoms with Gasteiger partial charge in [0.15, 0.2) is 5.75 Å². The van der Waals surface area contributed by atoms with E-state index >= 15 is 0 Å². The first kappa shape index (κ1) is 16.3. The molecule has 2 amide bonds. The fourth-order valence-corrected chi connectivity index (χ4v) is 2.76. The zero-order valence-electron chi connectivity index (χ0n) is 12.2. The number of methoxy groups -OCH3 is 1. The number of fused-ring (bicyclic) bond motifs is 1. The molecule has 24 heavy (non-hydrogen) atoms. The second kappa shape index (κ2) is 6.14. The molecule has 1 heterocycles. The van der Waals surface area contributed by atoms with Crippen LogP contribution in [0.25, 0.3) is 0 Å². The molecule has 2 aromatic rings. The molecule has 1 aliphatic rings. The summed E-state index contributed by atoms with van der Waals surface area (Å²) in [5.41, 5.74) is 0.127. The predicted octanol–water partition coefficient (Wildman–Crippen LogP) is 3.37. The van der Waals surface area contributed by atoms with E-state index in [9.17, 15) is 14.4 Å². The number of imide groups is 1. The van der Waals surface area contributed by atoms with Crippen molar-refractivity contribution >= 4 is 41.0 Å². The van der Waals surface area contributed by atoms with Crippen LogP contribution in [-0.2, 0) is 4.84 Å². The zero-order valence-corrected chi connectivity index (χ0v) is 13.7. The summed E-state index contributed by atoms with van der Waals surface area (Å²) in [6.07, 6.45) is 0. The van der Waals surface area contributed by atoms with Gasteiger partial charge >= 0.3 is 5.97 Å². The van der Waals surface area contributed by atoms with Gasteiger partial charge in [-0.3, -0.25) is 9.59 Å². The Balaban J connectivity index is 1.94. The van der Waals surface area contributed by atoms with Crippen LogP contribution in [-0.4, -0.2) is 30.0 Å². The van der Waals surface area contributed by atoms with Crippen LogP contribution in [0.5, 0.6) is 5.75 Å². The number of hydroxylamine groups is 2. The summed E-state index contributed by atoms with van der Waals surface area (Å²) in [7, 11) is 1.30. The van der Waals surface area contributed by atoms with Gasteiger partial charge in [-0.2, -0.15) is 0 Å². The number of halogens is 2. The van der Waals surface area contributed by atoms with E-state index in [1.807, 2.05) is 0 Å². The Bertz CT molecular complexity index is 846. The van der Waals surface area contributed by atoms with Crippen LogP contribution in [0.4, 0.5) is 0 Å². The molecule has 0 atom stereocenters. The maximum Gasteiger partial charge on any atom is 0.369 e. The second-order valence-electron chi connectivity index (χ2n) is 4.77. The average molecular weight is 366 g/mol. The molecule has 0 saturated heterocycles. The normalized spacial score (nSPS) is 13.0. The van der Waals surface area contributed by atoms with Crippen LogP contribution in [0.1, 0.15) is 31.1 Å². The smallest absolute Gasteiger partial charge is 0.369 e. The van der Waals surface area contributed by atoms with E-state index < -0.39 is 17.8 Å². The van der Waals surface area contributed by atoms with Crippen molar-refractivity contribution < 1.29 is 24.0 Å². The molecular formula is C16H9Cl2NO5. The molecule has 2 aromatic carbocycles. The first-order valence-corrected chi connectivity index (χ1v) is 7.43. The molecule has 8 heteroatoms. The monoisotopic (exact) mass is 365 g/mol. The minimum atomic E-state index is -1.03. The van der Waals surface area contributed by atoms with Gasteiger partial charge in [-0.05, 0) is 24.3 Å². The van der Waals surface area contributed by atoms with Crippen LogP contribution < -0.4 is 4.74 Å². The van der Waals surface area contributed by atoms with Crippen LogP contribution in [0.15, 0.2) is 36.4 Å². The van der Waals surface area contributed by atoms with Gasteiger partial charge in [0.2, 0.25) is 0 Å². The standard InChI is InChI=1S/C16H9Cl2NO5/c1-23-13-11(18)7-6-10(17)12(13)16(22)24-19-14(20)8-4-2-3-5-9(8)15(19)21/h2-7H,1H3. The molecule has 0 radical (unpaired) electrons. The summed E-state index contributed by atoms with van der Waals surface area (Å²) >= 11 is 11.9. The molecule has 122 valence electrons. The minimum absolute atomic E-state index is 0.00854. The van der Waals surface area contributed by atoms with Gasteiger partial charge in [0.05, 0.1) is 28.3 Å². The molecule has 0 spiro atoms. The highest BCUT2D eigenvalue weighted by molar-refractivity contribution is 6.37. The molecule has 0 saturated carbocycles. The summed E-state index contributed by atoms with van der Waals surface area (Å²) in [5, 5.41) is 0.540. The largest absolute Gasteiger partial charge is 0.494 e. The summed E-state index contributed by atoms with van der Waals surface area (Å²) in [6.45, 7) is 0. The zero-order chi connectivity index (χ0) is 17.4. The number of rotatable bonds is 3. The molecule has 0 aromatic heterocycles. The SMILES string of the molecule is COc1c(Cl)ccc(Cl)c1C(=O)ON1C(=O)c2ccccc2C1=O. The Kier molecular flexibility index (Phi) is 4.17. The fourth-order valence-electron chi connectivity index (χ4n) is 2.30. The Morgan fingerprint density at radius 1 is 0.958 bits per heavy atom. The van der Waals surface area contributed by atoms with E-state index in [0.29, 0.717) is 5.06 Å². The third kappa shape index (κ3) is 2.50. The number of carbonyl (C=O) groups is 3. The molecule has 0 N–H and O–H groups in total. The highest BCUT2D eigenvalue weighted by Gasteiger charge is 2.39. The van der Waals surface area contributed by atoms with Crippen molar-refractivity contribution in [1.29, 1.82) is 0 Å². The maximum atomic E-state index is 12.4. The predicted molar refractivity (Wildman–Crippen MR) is 85.4 cm³/mol. The lowest BCUT2D eigenvalue weighted by molar-refractivity contribution is -0.0586. The maximum absolute atomic E-state index is 12.4. The topological polar surface area (TPSA) is 72.9 Å². The lowest BCUT2D eigenvalue weighted by Gasteiger charge is -2.15. The molecule has 6 nitrogen and oxygen atoms in total. The van der Waals surface area contributed by atoms with Gasteiger partial charge in [-0.1, -0.05) is 40.4 Å². The number of amides is 2. The number of carbonyl (C=O) groups excluding carboxylic acids is 3. The Labute approximate surface area is 146 Å². The van der Waals surface area contributed by atoms with Crippen molar-refractivity contribution in [3.63, 3.8) is 0 Å². The van der Waals surface area contributed by atoms with E-state index in [1.54, 1.807) is 12.1 Å². The molecule has 0 fully saturated rings. The molecule has 0 unspecified atom stereocenters. The minimum Gasteiger partial charge on any atom is -0.494 e. The third-order valence-corrected chi connectivity index (χ3v) is 4.01. The lowest BCUT2D eigenvalue weighted by atomic mass is 10.1. The van der Waals surface area contributed by atoms with Gasteiger partial charge in [0.25, 0.3) is 11.8 Å². The molecule has 0 bridgehead atoms.